The monoisotopic (exact) mass is 459 g/mol. The average Bonchev–Trinajstić information content (AvgIpc) is 2.87. The van der Waals surface area contributed by atoms with E-state index in [0.717, 1.165) is 37.3 Å². The molecule has 8 nitrogen and oxygen atoms in total. The number of rotatable bonds is 9. The van der Waals surface area contributed by atoms with Crippen LogP contribution in [0.3, 0.4) is 0 Å². The van der Waals surface area contributed by atoms with Gasteiger partial charge in [-0.05, 0) is 48.6 Å². The summed E-state index contributed by atoms with van der Waals surface area (Å²) in [7, 11) is 0. The number of carbonyl (C=O) groups excluding carboxylic acids is 2. The summed E-state index contributed by atoms with van der Waals surface area (Å²) in [4.78, 5) is 28.6. The van der Waals surface area contributed by atoms with E-state index in [0.29, 0.717) is 41.6 Å². The van der Waals surface area contributed by atoms with Crippen molar-refractivity contribution in [3.05, 3.63) is 83.6 Å². The van der Waals surface area contributed by atoms with E-state index in [-0.39, 0.29) is 5.91 Å². The SMILES string of the molecule is NC(=O)c1cnc(Nc2ccc(C(=O)NCC3CCOCC3)cc2)cc1NCc1ccccc1. The van der Waals surface area contributed by atoms with Gasteiger partial charge in [-0.2, -0.15) is 0 Å². The molecule has 0 unspecified atom stereocenters. The van der Waals surface area contributed by atoms with Gasteiger partial charge in [0.15, 0.2) is 0 Å². The Bertz CT molecular complexity index is 1110. The number of amides is 2. The summed E-state index contributed by atoms with van der Waals surface area (Å²) in [6, 6.07) is 18.8. The number of nitrogens with two attached hydrogens (primary N) is 1. The van der Waals surface area contributed by atoms with Crippen LogP contribution in [0.4, 0.5) is 17.2 Å². The topological polar surface area (TPSA) is 118 Å². The average molecular weight is 460 g/mol. The number of primary amides is 1. The molecule has 5 N–H and O–H groups in total. The van der Waals surface area contributed by atoms with Crippen molar-refractivity contribution in [1.82, 2.24) is 10.3 Å². The van der Waals surface area contributed by atoms with Gasteiger partial charge in [0.2, 0.25) is 0 Å². The number of ether oxygens (including phenoxy) is 1. The number of benzene rings is 2. The van der Waals surface area contributed by atoms with Gasteiger partial charge in [0, 0.05) is 49.8 Å². The van der Waals surface area contributed by atoms with Crippen molar-refractivity contribution in [2.45, 2.75) is 19.4 Å². The second-order valence-corrected chi connectivity index (χ2v) is 8.29. The van der Waals surface area contributed by atoms with Crippen LogP contribution in [0, 0.1) is 5.92 Å². The molecule has 0 aliphatic carbocycles. The summed E-state index contributed by atoms with van der Waals surface area (Å²) < 4.78 is 5.36. The Morgan fingerprint density at radius 3 is 2.47 bits per heavy atom. The lowest BCUT2D eigenvalue weighted by Crippen LogP contribution is -2.32. The zero-order chi connectivity index (χ0) is 23.8. The number of nitrogens with one attached hydrogen (secondary N) is 3. The highest BCUT2D eigenvalue weighted by Gasteiger charge is 2.15. The van der Waals surface area contributed by atoms with Crippen molar-refractivity contribution in [3.63, 3.8) is 0 Å². The number of hydrogen-bond donors (Lipinski definition) is 4. The molecule has 2 aromatic carbocycles. The first-order valence-electron chi connectivity index (χ1n) is 11.4. The molecule has 176 valence electrons. The molecular formula is C26H29N5O3. The van der Waals surface area contributed by atoms with Gasteiger partial charge in [-0.15, -0.1) is 0 Å². The Labute approximate surface area is 198 Å². The fraction of sp³-hybridized carbons (Fsp3) is 0.269. The van der Waals surface area contributed by atoms with Crippen molar-refractivity contribution in [2.75, 3.05) is 30.4 Å². The largest absolute Gasteiger partial charge is 0.381 e. The Hall–Kier alpha value is -3.91. The van der Waals surface area contributed by atoms with E-state index in [9.17, 15) is 9.59 Å². The molecule has 34 heavy (non-hydrogen) atoms. The van der Waals surface area contributed by atoms with Crippen LogP contribution in [0.15, 0.2) is 66.9 Å². The van der Waals surface area contributed by atoms with Crippen LogP contribution >= 0.6 is 0 Å². The minimum absolute atomic E-state index is 0.0885. The van der Waals surface area contributed by atoms with E-state index in [1.165, 1.54) is 6.20 Å². The molecule has 1 saturated heterocycles. The molecule has 8 heteroatoms. The third kappa shape index (κ3) is 6.32. The molecule has 1 aromatic heterocycles. The predicted octanol–water partition coefficient (Wildman–Crippen LogP) is 3.69. The number of carbonyl (C=O) groups is 2. The third-order valence-corrected chi connectivity index (χ3v) is 5.81. The maximum absolute atomic E-state index is 12.5. The number of anilines is 3. The maximum atomic E-state index is 12.5. The Balaban J connectivity index is 1.38. The van der Waals surface area contributed by atoms with Crippen LogP contribution < -0.4 is 21.7 Å². The standard InChI is InChI=1S/C26H29N5O3/c27-25(32)22-17-29-24(14-23(22)28-15-18-4-2-1-3-5-18)31-21-8-6-20(7-9-21)26(33)30-16-19-10-12-34-13-11-19/h1-9,14,17,19H,10-13,15-16H2,(H2,27,32)(H,30,33)(H2,28,29,31). The van der Waals surface area contributed by atoms with Gasteiger partial charge < -0.3 is 26.4 Å². The molecule has 0 bridgehead atoms. The van der Waals surface area contributed by atoms with Gasteiger partial charge in [-0.25, -0.2) is 4.98 Å². The van der Waals surface area contributed by atoms with Crippen molar-refractivity contribution >= 4 is 29.0 Å². The van der Waals surface area contributed by atoms with Crippen LogP contribution in [0.25, 0.3) is 0 Å². The molecule has 2 amide bonds. The highest BCUT2D eigenvalue weighted by molar-refractivity contribution is 5.98. The number of nitrogens with zero attached hydrogens (tertiary/aromatic N) is 1. The van der Waals surface area contributed by atoms with Crippen molar-refractivity contribution in [1.29, 1.82) is 0 Å². The number of hydrogen-bond acceptors (Lipinski definition) is 6. The van der Waals surface area contributed by atoms with Crippen molar-refractivity contribution in [3.8, 4) is 0 Å². The van der Waals surface area contributed by atoms with E-state index in [2.05, 4.69) is 20.9 Å². The smallest absolute Gasteiger partial charge is 0.252 e. The van der Waals surface area contributed by atoms with E-state index >= 15 is 0 Å². The molecular weight excluding hydrogens is 430 g/mol. The fourth-order valence-electron chi connectivity index (χ4n) is 3.80. The second-order valence-electron chi connectivity index (χ2n) is 8.29. The molecule has 3 aromatic rings. The van der Waals surface area contributed by atoms with Crippen molar-refractivity contribution < 1.29 is 14.3 Å². The van der Waals surface area contributed by atoms with E-state index in [1.54, 1.807) is 18.2 Å². The molecule has 0 spiro atoms. The quantitative estimate of drug-likeness (QED) is 0.388. The fourth-order valence-corrected chi connectivity index (χ4v) is 3.80. The first-order chi connectivity index (χ1) is 16.6. The maximum Gasteiger partial charge on any atom is 0.252 e. The summed E-state index contributed by atoms with van der Waals surface area (Å²) >= 11 is 0. The molecule has 0 atom stereocenters. The lowest BCUT2D eigenvalue weighted by molar-refractivity contribution is 0.0642. The summed E-state index contributed by atoms with van der Waals surface area (Å²) in [5, 5.41) is 9.48. The summed E-state index contributed by atoms with van der Waals surface area (Å²) in [6.07, 6.45) is 3.41. The Morgan fingerprint density at radius 1 is 1.03 bits per heavy atom. The van der Waals surface area contributed by atoms with Gasteiger partial charge in [0.05, 0.1) is 11.3 Å². The third-order valence-electron chi connectivity index (χ3n) is 5.81. The first kappa shape index (κ1) is 23.3. The normalized spacial score (nSPS) is 13.8. The van der Waals surface area contributed by atoms with E-state index in [4.69, 9.17) is 10.5 Å². The lowest BCUT2D eigenvalue weighted by atomic mass is 10.0. The molecule has 0 radical (unpaired) electrons. The van der Waals surface area contributed by atoms with Gasteiger partial charge in [-0.1, -0.05) is 30.3 Å². The van der Waals surface area contributed by atoms with Gasteiger partial charge in [0.1, 0.15) is 5.82 Å². The van der Waals surface area contributed by atoms with Crippen LogP contribution in [0.2, 0.25) is 0 Å². The van der Waals surface area contributed by atoms with Crippen molar-refractivity contribution in [2.24, 2.45) is 11.7 Å². The summed E-state index contributed by atoms with van der Waals surface area (Å²) in [6.45, 7) is 2.73. The molecule has 0 saturated carbocycles. The molecule has 2 heterocycles. The Kier molecular flexibility index (Phi) is 7.72. The van der Waals surface area contributed by atoms with Gasteiger partial charge >= 0.3 is 0 Å². The highest BCUT2D eigenvalue weighted by atomic mass is 16.5. The minimum Gasteiger partial charge on any atom is -0.381 e. The molecule has 1 aliphatic rings. The summed E-state index contributed by atoms with van der Waals surface area (Å²) in [5.74, 6) is 0.384. The van der Waals surface area contributed by atoms with E-state index in [1.807, 2.05) is 42.5 Å². The zero-order valence-electron chi connectivity index (χ0n) is 18.9. The number of aromatic nitrogens is 1. The molecule has 4 rings (SSSR count). The minimum atomic E-state index is -0.550. The van der Waals surface area contributed by atoms with Gasteiger partial charge in [-0.3, -0.25) is 9.59 Å². The van der Waals surface area contributed by atoms with E-state index < -0.39 is 5.91 Å². The highest BCUT2D eigenvalue weighted by Crippen LogP contribution is 2.23. The molecule has 1 aliphatic heterocycles. The van der Waals surface area contributed by atoms with Crippen LogP contribution in [-0.2, 0) is 11.3 Å². The zero-order valence-corrected chi connectivity index (χ0v) is 18.9. The summed E-state index contributed by atoms with van der Waals surface area (Å²) in [5.41, 5.74) is 8.88. The Morgan fingerprint density at radius 2 is 1.76 bits per heavy atom. The van der Waals surface area contributed by atoms with Gasteiger partial charge in [0.25, 0.3) is 11.8 Å². The van der Waals surface area contributed by atoms with Crippen LogP contribution in [0.1, 0.15) is 39.1 Å². The predicted molar refractivity (Wildman–Crippen MR) is 132 cm³/mol. The second kappa shape index (κ2) is 11.3. The van der Waals surface area contributed by atoms with Crippen LogP contribution in [-0.4, -0.2) is 36.6 Å². The number of pyridine rings is 1. The van der Waals surface area contributed by atoms with Crippen LogP contribution in [0.5, 0.6) is 0 Å². The first-order valence-corrected chi connectivity index (χ1v) is 11.4. The lowest BCUT2D eigenvalue weighted by Gasteiger charge is -2.22. The molecule has 1 fully saturated rings.